The molecule has 3 heterocycles. The van der Waals surface area contributed by atoms with Gasteiger partial charge in [0.25, 0.3) is 0 Å². The lowest BCUT2D eigenvalue weighted by molar-refractivity contribution is 0.354. The number of aryl methyl sites for hydroxylation is 2. The minimum atomic E-state index is 0.588. The second-order valence-electron chi connectivity index (χ2n) is 6.21. The molecule has 0 spiro atoms. The first-order valence-corrected chi connectivity index (χ1v) is 8.49. The average molecular weight is 351 g/mol. The number of hydrogen-bond acceptors (Lipinski definition) is 5. The Balaban J connectivity index is 1.92. The van der Waals surface area contributed by atoms with Crippen molar-refractivity contribution in [2.75, 3.05) is 21.3 Å². The van der Waals surface area contributed by atoms with Gasteiger partial charge in [-0.3, -0.25) is 0 Å². The molecule has 0 bridgehead atoms. The van der Waals surface area contributed by atoms with Gasteiger partial charge in [-0.2, -0.15) is 0 Å². The van der Waals surface area contributed by atoms with E-state index in [1.54, 1.807) is 27.5 Å². The van der Waals surface area contributed by atoms with Crippen molar-refractivity contribution in [3.63, 3.8) is 0 Å². The highest BCUT2D eigenvalue weighted by Crippen LogP contribution is 2.42. The third kappa shape index (κ3) is 2.49. The number of methoxy groups -OCH3 is 3. The molecule has 0 atom stereocenters. The molecule has 26 heavy (non-hydrogen) atoms. The van der Waals surface area contributed by atoms with Crippen molar-refractivity contribution in [2.24, 2.45) is 0 Å². The number of nitrogens with zero attached hydrogens (tertiary/aromatic N) is 3. The number of pyridine rings is 1. The monoisotopic (exact) mass is 351 g/mol. The number of hydrogen-bond donors (Lipinski definition) is 0. The molecule has 0 unspecified atom stereocenters. The third-order valence-electron chi connectivity index (χ3n) is 4.85. The number of fused-ring (bicyclic) bond motifs is 3. The quantitative estimate of drug-likeness (QED) is 0.720. The van der Waals surface area contributed by atoms with Crippen molar-refractivity contribution in [1.82, 2.24) is 14.5 Å². The second kappa shape index (κ2) is 6.37. The average Bonchev–Trinajstić information content (AvgIpc) is 3.03. The zero-order valence-electron chi connectivity index (χ0n) is 15.4. The summed E-state index contributed by atoms with van der Waals surface area (Å²) in [4.78, 5) is 9.16. The molecule has 3 aromatic rings. The fraction of sp³-hybridized carbons (Fsp3) is 0.300. The van der Waals surface area contributed by atoms with E-state index in [2.05, 4.69) is 15.6 Å². The molecule has 0 N–H and O–H groups in total. The standard InChI is InChI=1S/C20H21N3O3/c1-12-22-19(14-5-6-18(26-4)21-11-14)20-15-10-17(25-3)16(24-2)9-13(15)7-8-23(12)20/h5-6,9-11H,7-8H2,1-4H3. The van der Waals surface area contributed by atoms with Crippen LogP contribution in [0.2, 0.25) is 0 Å². The number of ether oxygens (including phenoxy) is 3. The zero-order chi connectivity index (χ0) is 18.3. The first-order chi connectivity index (χ1) is 12.7. The van der Waals surface area contributed by atoms with Gasteiger partial charge in [0.2, 0.25) is 5.88 Å². The first kappa shape index (κ1) is 16.4. The fourth-order valence-corrected chi connectivity index (χ4v) is 3.53. The summed E-state index contributed by atoms with van der Waals surface area (Å²) >= 11 is 0. The Hall–Kier alpha value is -3.02. The van der Waals surface area contributed by atoms with Crippen LogP contribution in [0.1, 0.15) is 11.4 Å². The number of benzene rings is 1. The highest BCUT2D eigenvalue weighted by molar-refractivity contribution is 5.82. The summed E-state index contributed by atoms with van der Waals surface area (Å²) in [6.45, 7) is 2.93. The number of rotatable bonds is 4. The van der Waals surface area contributed by atoms with E-state index in [1.807, 2.05) is 25.1 Å². The van der Waals surface area contributed by atoms with Gasteiger partial charge in [0.05, 0.1) is 32.7 Å². The Labute approximate surface area is 152 Å². The lowest BCUT2D eigenvalue weighted by Crippen LogP contribution is -2.12. The van der Waals surface area contributed by atoms with Gasteiger partial charge in [-0.25, -0.2) is 9.97 Å². The lowest BCUT2D eigenvalue weighted by Gasteiger charge is -2.22. The molecule has 4 rings (SSSR count). The molecule has 1 aliphatic rings. The predicted molar refractivity (Wildman–Crippen MR) is 99.0 cm³/mol. The molecule has 0 saturated heterocycles. The van der Waals surface area contributed by atoms with Crippen molar-refractivity contribution in [3.05, 3.63) is 41.9 Å². The van der Waals surface area contributed by atoms with Gasteiger partial charge in [-0.1, -0.05) is 0 Å². The molecule has 0 fully saturated rings. The smallest absolute Gasteiger partial charge is 0.212 e. The Morgan fingerprint density at radius 1 is 1.00 bits per heavy atom. The van der Waals surface area contributed by atoms with E-state index in [4.69, 9.17) is 19.2 Å². The van der Waals surface area contributed by atoms with Gasteiger partial charge >= 0.3 is 0 Å². The van der Waals surface area contributed by atoms with Crippen LogP contribution in [0.3, 0.4) is 0 Å². The SMILES string of the molecule is COc1ccc(-c2nc(C)n3c2-c2cc(OC)c(OC)cc2CC3)cn1. The van der Waals surface area contributed by atoms with Crippen molar-refractivity contribution < 1.29 is 14.2 Å². The van der Waals surface area contributed by atoms with E-state index < -0.39 is 0 Å². The summed E-state index contributed by atoms with van der Waals surface area (Å²) in [6.07, 6.45) is 2.73. The van der Waals surface area contributed by atoms with Crippen LogP contribution >= 0.6 is 0 Å². The molecule has 6 heteroatoms. The van der Waals surface area contributed by atoms with E-state index in [0.717, 1.165) is 52.8 Å². The molecule has 0 aliphatic carbocycles. The zero-order valence-corrected chi connectivity index (χ0v) is 15.4. The molecule has 0 radical (unpaired) electrons. The van der Waals surface area contributed by atoms with Crippen LogP contribution in [0, 0.1) is 6.92 Å². The highest BCUT2D eigenvalue weighted by atomic mass is 16.5. The largest absolute Gasteiger partial charge is 0.493 e. The summed E-state index contributed by atoms with van der Waals surface area (Å²) in [5, 5.41) is 0. The highest BCUT2D eigenvalue weighted by Gasteiger charge is 2.26. The van der Waals surface area contributed by atoms with Crippen LogP contribution in [-0.4, -0.2) is 35.9 Å². The molecule has 1 aliphatic heterocycles. The van der Waals surface area contributed by atoms with Gasteiger partial charge in [-0.05, 0) is 37.1 Å². The molecular weight excluding hydrogens is 330 g/mol. The predicted octanol–water partition coefficient (Wildman–Crippen LogP) is 3.50. The Morgan fingerprint density at radius 3 is 2.42 bits per heavy atom. The van der Waals surface area contributed by atoms with E-state index in [-0.39, 0.29) is 0 Å². The van der Waals surface area contributed by atoms with Crippen LogP contribution in [0.15, 0.2) is 30.5 Å². The van der Waals surface area contributed by atoms with Crippen LogP contribution < -0.4 is 14.2 Å². The number of aromatic nitrogens is 3. The summed E-state index contributed by atoms with van der Waals surface area (Å²) in [6, 6.07) is 7.95. The van der Waals surface area contributed by atoms with Gasteiger partial charge in [0.15, 0.2) is 11.5 Å². The molecule has 1 aromatic carbocycles. The van der Waals surface area contributed by atoms with Gasteiger partial charge in [0.1, 0.15) is 5.82 Å². The van der Waals surface area contributed by atoms with E-state index in [1.165, 1.54) is 5.56 Å². The Morgan fingerprint density at radius 2 is 1.77 bits per heavy atom. The minimum absolute atomic E-state index is 0.588. The summed E-state index contributed by atoms with van der Waals surface area (Å²) < 4.78 is 18.4. The lowest BCUT2D eigenvalue weighted by atomic mass is 9.95. The maximum atomic E-state index is 5.52. The Kier molecular flexibility index (Phi) is 4.03. The van der Waals surface area contributed by atoms with E-state index >= 15 is 0 Å². The maximum absolute atomic E-state index is 5.52. The van der Waals surface area contributed by atoms with Crippen molar-refractivity contribution >= 4 is 0 Å². The van der Waals surface area contributed by atoms with Crippen LogP contribution in [-0.2, 0) is 13.0 Å². The molecule has 6 nitrogen and oxygen atoms in total. The van der Waals surface area contributed by atoms with E-state index in [0.29, 0.717) is 5.88 Å². The van der Waals surface area contributed by atoms with Gasteiger partial charge < -0.3 is 18.8 Å². The van der Waals surface area contributed by atoms with Crippen molar-refractivity contribution in [1.29, 1.82) is 0 Å². The fourth-order valence-electron chi connectivity index (χ4n) is 3.53. The first-order valence-electron chi connectivity index (χ1n) is 8.49. The minimum Gasteiger partial charge on any atom is -0.493 e. The third-order valence-corrected chi connectivity index (χ3v) is 4.85. The Bertz CT molecular complexity index is 961. The van der Waals surface area contributed by atoms with Gasteiger partial charge in [0, 0.05) is 29.9 Å². The summed E-state index contributed by atoms with van der Waals surface area (Å²) in [5.41, 5.74) is 5.34. The summed E-state index contributed by atoms with van der Waals surface area (Å²) in [5.74, 6) is 3.05. The van der Waals surface area contributed by atoms with Crippen molar-refractivity contribution in [2.45, 2.75) is 19.9 Å². The van der Waals surface area contributed by atoms with Crippen LogP contribution in [0.25, 0.3) is 22.5 Å². The van der Waals surface area contributed by atoms with Gasteiger partial charge in [-0.15, -0.1) is 0 Å². The molecule has 0 saturated carbocycles. The number of imidazole rings is 1. The van der Waals surface area contributed by atoms with Crippen LogP contribution in [0.5, 0.6) is 17.4 Å². The molecule has 2 aromatic heterocycles. The maximum Gasteiger partial charge on any atom is 0.212 e. The molecule has 0 amide bonds. The second-order valence-corrected chi connectivity index (χ2v) is 6.21. The summed E-state index contributed by atoms with van der Waals surface area (Å²) in [7, 11) is 4.93. The topological polar surface area (TPSA) is 58.4 Å². The molecular formula is C20H21N3O3. The van der Waals surface area contributed by atoms with Crippen molar-refractivity contribution in [3.8, 4) is 39.9 Å². The normalized spacial score (nSPS) is 12.3. The molecule has 134 valence electrons. The van der Waals surface area contributed by atoms with E-state index in [9.17, 15) is 0 Å². The van der Waals surface area contributed by atoms with Crippen LogP contribution in [0.4, 0.5) is 0 Å².